The molecule has 0 heterocycles. The molecule has 3 heteroatoms. The highest BCUT2D eigenvalue weighted by molar-refractivity contribution is 5.69. The minimum absolute atomic E-state index is 0.162. The van der Waals surface area contributed by atoms with Gasteiger partial charge in [0.25, 0.3) is 0 Å². The van der Waals surface area contributed by atoms with Crippen molar-refractivity contribution in [3.8, 4) is 0 Å². The first-order valence-corrected chi connectivity index (χ1v) is 3.11. The molecule has 0 amide bonds. The number of ether oxygens (including phenoxy) is 1. The van der Waals surface area contributed by atoms with E-state index < -0.39 is 0 Å². The minimum atomic E-state index is -0.190. The van der Waals surface area contributed by atoms with Gasteiger partial charge in [0.15, 0.2) is 0 Å². The van der Waals surface area contributed by atoms with Crippen molar-refractivity contribution in [2.45, 2.75) is 19.8 Å². The van der Waals surface area contributed by atoms with Gasteiger partial charge in [-0.15, -0.1) is 0 Å². The van der Waals surface area contributed by atoms with Crippen LogP contribution in [0.25, 0.3) is 0 Å². The Bertz CT molecular complexity index is 83.1. The van der Waals surface area contributed by atoms with Crippen LogP contribution in [-0.2, 0) is 9.53 Å². The Balaban J connectivity index is 3.06. The maximum Gasteiger partial charge on any atom is 0.305 e. The number of carbonyl (C=O) groups excluding carboxylic acids is 1. The lowest BCUT2D eigenvalue weighted by Crippen LogP contribution is -2.07. The highest BCUT2D eigenvalue weighted by atomic mass is 16.5. The van der Waals surface area contributed by atoms with Crippen LogP contribution in [0.4, 0.5) is 0 Å². The van der Waals surface area contributed by atoms with Crippen LogP contribution in [-0.4, -0.2) is 19.1 Å². The second kappa shape index (κ2) is 5.56. The molecule has 0 aliphatic heterocycles. The molecule has 0 unspecified atom stereocenters. The quantitative estimate of drug-likeness (QED) is 0.523. The monoisotopic (exact) mass is 130 g/mol. The lowest BCUT2D eigenvalue weighted by Gasteiger charge is -1.98. The van der Waals surface area contributed by atoms with Crippen molar-refractivity contribution in [2.75, 3.05) is 13.2 Å². The highest BCUT2D eigenvalue weighted by Gasteiger charge is 1.97. The zero-order valence-corrected chi connectivity index (χ0v) is 5.64. The maximum absolute atomic E-state index is 10.5. The van der Waals surface area contributed by atoms with E-state index in [4.69, 9.17) is 5.73 Å². The molecular weight excluding hydrogens is 118 g/mol. The van der Waals surface area contributed by atoms with Crippen LogP contribution >= 0.6 is 0 Å². The predicted molar refractivity (Wildman–Crippen MR) is 33.8 cm³/mol. The molecule has 9 heavy (non-hydrogen) atoms. The lowest BCUT2D eigenvalue weighted by atomic mass is 10.3. The normalized spacial score (nSPS) is 9.11. The molecule has 0 saturated heterocycles. The van der Waals surface area contributed by atoms with Gasteiger partial charge in [0.05, 0.1) is 0 Å². The van der Waals surface area contributed by atoms with Gasteiger partial charge in [-0.3, -0.25) is 10.5 Å². The van der Waals surface area contributed by atoms with Crippen molar-refractivity contribution >= 4 is 5.97 Å². The van der Waals surface area contributed by atoms with E-state index in [1.165, 1.54) is 0 Å². The third-order valence-electron chi connectivity index (χ3n) is 0.819. The van der Waals surface area contributed by atoms with Crippen LogP contribution in [0.3, 0.4) is 0 Å². The molecule has 0 aromatic rings. The Morgan fingerprint density at radius 2 is 2.33 bits per heavy atom. The molecule has 1 N–H and O–H groups in total. The Hall–Kier alpha value is -0.570. The van der Waals surface area contributed by atoms with Gasteiger partial charge in [-0.25, -0.2) is 0 Å². The van der Waals surface area contributed by atoms with Gasteiger partial charge < -0.3 is 4.74 Å². The van der Waals surface area contributed by atoms with E-state index in [2.05, 4.69) is 4.74 Å². The smallest absolute Gasteiger partial charge is 0.305 e. The molecule has 3 nitrogen and oxygen atoms in total. The zero-order valence-electron chi connectivity index (χ0n) is 5.64. The molecule has 0 saturated carbocycles. The number of hydrogen-bond donors (Lipinski definition) is 0. The number of esters is 1. The number of rotatable bonds is 4. The summed E-state index contributed by atoms with van der Waals surface area (Å²) in [4.78, 5) is 10.5. The van der Waals surface area contributed by atoms with E-state index in [-0.39, 0.29) is 19.1 Å². The average molecular weight is 130 g/mol. The molecule has 0 aromatic carbocycles. The van der Waals surface area contributed by atoms with Crippen molar-refractivity contribution < 1.29 is 9.53 Å². The van der Waals surface area contributed by atoms with Crippen LogP contribution in [0.5, 0.6) is 0 Å². The topological polar surface area (TPSA) is 50.1 Å². The molecule has 0 fully saturated rings. The molecule has 0 aromatic heterocycles. The van der Waals surface area contributed by atoms with E-state index in [1.807, 2.05) is 6.92 Å². The summed E-state index contributed by atoms with van der Waals surface area (Å²) in [6.07, 6.45) is 1.29. The van der Waals surface area contributed by atoms with E-state index in [0.29, 0.717) is 6.42 Å². The molecule has 1 radical (unpaired) electrons. The summed E-state index contributed by atoms with van der Waals surface area (Å²) in [5.41, 5.74) is 6.65. The van der Waals surface area contributed by atoms with Gasteiger partial charge in [0.1, 0.15) is 6.61 Å². The SMILES string of the molecule is CCCC(=O)OCC[NH]. The standard InChI is InChI=1S/C6H12NO2/c1-2-3-6(8)9-5-4-7/h7H,2-5H2,1H3. The van der Waals surface area contributed by atoms with Gasteiger partial charge in [0, 0.05) is 13.0 Å². The summed E-state index contributed by atoms with van der Waals surface area (Å²) in [5.74, 6) is -0.190. The zero-order chi connectivity index (χ0) is 7.11. The van der Waals surface area contributed by atoms with Gasteiger partial charge in [-0.2, -0.15) is 0 Å². The summed E-state index contributed by atoms with van der Waals surface area (Å²) >= 11 is 0. The molecule has 0 spiro atoms. The summed E-state index contributed by atoms with van der Waals surface area (Å²) in [7, 11) is 0. The van der Waals surface area contributed by atoms with Crippen LogP contribution in [0, 0.1) is 0 Å². The largest absolute Gasteiger partial charge is 0.464 e. The third-order valence-corrected chi connectivity index (χ3v) is 0.819. The second-order valence-electron chi connectivity index (χ2n) is 1.72. The van der Waals surface area contributed by atoms with Crippen LogP contribution < -0.4 is 5.73 Å². The molecule has 0 rings (SSSR count). The van der Waals surface area contributed by atoms with Crippen molar-refractivity contribution in [1.29, 1.82) is 0 Å². The average Bonchev–Trinajstić information content (AvgIpc) is 1.85. The van der Waals surface area contributed by atoms with Crippen molar-refractivity contribution in [3.63, 3.8) is 0 Å². The molecule has 0 aliphatic rings. The van der Waals surface area contributed by atoms with E-state index in [0.717, 1.165) is 6.42 Å². The third kappa shape index (κ3) is 5.30. The summed E-state index contributed by atoms with van der Waals surface area (Å²) < 4.78 is 4.61. The summed E-state index contributed by atoms with van der Waals surface area (Å²) in [6, 6.07) is 0. The lowest BCUT2D eigenvalue weighted by molar-refractivity contribution is -0.143. The van der Waals surface area contributed by atoms with Crippen molar-refractivity contribution in [1.82, 2.24) is 5.73 Å². The summed E-state index contributed by atoms with van der Waals surface area (Å²) in [5, 5.41) is 0. The first-order valence-electron chi connectivity index (χ1n) is 3.11. The maximum atomic E-state index is 10.5. The van der Waals surface area contributed by atoms with E-state index in [1.54, 1.807) is 0 Å². The van der Waals surface area contributed by atoms with E-state index >= 15 is 0 Å². The van der Waals surface area contributed by atoms with Crippen LogP contribution in [0.1, 0.15) is 19.8 Å². The fraction of sp³-hybridized carbons (Fsp3) is 0.833. The Labute approximate surface area is 55.2 Å². The highest BCUT2D eigenvalue weighted by Crippen LogP contribution is 1.89. The first kappa shape index (κ1) is 8.43. The van der Waals surface area contributed by atoms with E-state index in [9.17, 15) is 4.79 Å². The molecule has 53 valence electrons. The fourth-order valence-electron chi connectivity index (χ4n) is 0.441. The number of carbonyl (C=O) groups is 1. The Kier molecular flexibility index (Phi) is 5.21. The fourth-order valence-corrected chi connectivity index (χ4v) is 0.441. The van der Waals surface area contributed by atoms with Crippen LogP contribution in [0.15, 0.2) is 0 Å². The Morgan fingerprint density at radius 3 is 2.78 bits per heavy atom. The van der Waals surface area contributed by atoms with Gasteiger partial charge in [-0.05, 0) is 6.42 Å². The summed E-state index contributed by atoms with van der Waals surface area (Å²) in [6.45, 7) is 2.32. The number of nitrogens with one attached hydrogen (secondary N) is 1. The van der Waals surface area contributed by atoms with Crippen molar-refractivity contribution in [2.24, 2.45) is 0 Å². The van der Waals surface area contributed by atoms with Crippen molar-refractivity contribution in [3.05, 3.63) is 0 Å². The second-order valence-corrected chi connectivity index (χ2v) is 1.72. The van der Waals surface area contributed by atoms with Gasteiger partial charge in [0.2, 0.25) is 0 Å². The minimum Gasteiger partial charge on any atom is -0.464 e. The van der Waals surface area contributed by atoms with Gasteiger partial charge >= 0.3 is 5.97 Å². The first-order chi connectivity index (χ1) is 4.31. The molecular formula is C6H12NO2. The molecule has 0 bridgehead atoms. The Morgan fingerprint density at radius 1 is 1.67 bits per heavy atom. The molecule has 0 atom stereocenters. The van der Waals surface area contributed by atoms with Crippen LogP contribution in [0.2, 0.25) is 0 Å². The molecule has 0 aliphatic carbocycles. The predicted octanol–water partition coefficient (Wildman–Crippen LogP) is 0.613. The van der Waals surface area contributed by atoms with Gasteiger partial charge in [-0.1, -0.05) is 6.92 Å². The number of hydrogen-bond acceptors (Lipinski definition) is 2.